The number of ether oxygens (including phenoxy) is 1. The Bertz CT molecular complexity index is 425. The first-order valence-corrected chi connectivity index (χ1v) is 4.35. The average molecular weight is 215 g/mol. The van der Waals surface area contributed by atoms with E-state index in [2.05, 4.69) is 15.1 Å². The number of hydrogen-bond donors (Lipinski definition) is 0. The van der Waals surface area contributed by atoms with Crippen LogP contribution in [0.5, 0.6) is 12.1 Å². The van der Waals surface area contributed by atoms with Gasteiger partial charge in [0.2, 0.25) is 0 Å². The fourth-order valence-corrected chi connectivity index (χ4v) is 0.964. The Labute approximate surface area is 84.5 Å². The molecule has 0 saturated carbocycles. The second kappa shape index (κ2) is 3.67. The molecule has 6 nitrogen and oxygen atoms in total. The molecule has 0 saturated heterocycles. The second-order valence-electron chi connectivity index (χ2n) is 2.54. The molecule has 0 radical (unpaired) electrons. The molecule has 0 spiro atoms. The summed E-state index contributed by atoms with van der Waals surface area (Å²) >= 11 is 5.53. The highest BCUT2D eigenvalue weighted by Gasteiger charge is 2.07. The summed E-state index contributed by atoms with van der Waals surface area (Å²) < 4.78 is 11.6. The van der Waals surface area contributed by atoms with Gasteiger partial charge in [0.15, 0.2) is 0 Å². The van der Waals surface area contributed by atoms with Gasteiger partial charge in [0.25, 0.3) is 0 Å². The molecule has 0 atom stereocenters. The molecule has 74 valence electrons. The molecular weight excluding hydrogens is 208 g/mol. The summed E-state index contributed by atoms with van der Waals surface area (Å²) in [4.78, 5) is 7.77. The molecule has 0 aliphatic heterocycles. The number of nitrogens with zero attached hydrogens (tertiary/aromatic N) is 4. The van der Waals surface area contributed by atoms with Gasteiger partial charge < -0.3 is 9.15 Å². The van der Waals surface area contributed by atoms with Gasteiger partial charge in [-0.25, -0.2) is 0 Å². The van der Waals surface area contributed by atoms with Gasteiger partial charge in [-0.15, -0.1) is 16.7 Å². The minimum Gasteiger partial charge on any atom is -0.417 e. The molecule has 0 amide bonds. The van der Waals surface area contributed by atoms with Crippen LogP contribution in [0.4, 0.5) is 0 Å². The fraction of sp³-hybridized carbons (Fsp3) is 0.286. The van der Waals surface area contributed by atoms with E-state index in [1.165, 1.54) is 17.3 Å². The van der Waals surface area contributed by atoms with Gasteiger partial charge in [-0.3, -0.25) is 4.68 Å². The van der Waals surface area contributed by atoms with E-state index in [-0.39, 0.29) is 18.0 Å². The van der Waals surface area contributed by atoms with E-state index in [0.717, 1.165) is 0 Å². The minimum absolute atomic E-state index is 0.0897. The highest BCUT2D eigenvalue weighted by Crippen LogP contribution is 2.16. The fourth-order valence-electron chi connectivity index (χ4n) is 0.841. The first kappa shape index (κ1) is 9.01. The van der Waals surface area contributed by atoms with Crippen molar-refractivity contribution in [2.75, 3.05) is 0 Å². The molecule has 2 aromatic heterocycles. The zero-order valence-electron chi connectivity index (χ0n) is 7.35. The SMILES string of the molecule is Cn1cnc(Oc2nc(CCl)co2)n1. The Morgan fingerprint density at radius 1 is 1.64 bits per heavy atom. The van der Waals surface area contributed by atoms with Crippen LogP contribution in [-0.2, 0) is 12.9 Å². The van der Waals surface area contributed by atoms with E-state index in [1.54, 1.807) is 7.05 Å². The molecule has 0 N–H and O–H groups in total. The topological polar surface area (TPSA) is 66.0 Å². The minimum atomic E-state index is 0.0897. The molecule has 0 fully saturated rings. The third-order valence-corrected chi connectivity index (χ3v) is 1.70. The maximum absolute atomic E-state index is 5.53. The predicted octanol–water partition coefficient (Wildman–Crippen LogP) is 1.33. The van der Waals surface area contributed by atoms with Gasteiger partial charge >= 0.3 is 12.1 Å². The lowest BCUT2D eigenvalue weighted by molar-refractivity contribution is 0.311. The van der Waals surface area contributed by atoms with Gasteiger partial charge in [-0.1, -0.05) is 0 Å². The van der Waals surface area contributed by atoms with E-state index in [1.807, 2.05) is 0 Å². The maximum atomic E-state index is 5.53. The Hall–Kier alpha value is -1.56. The van der Waals surface area contributed by atoms with Gasteiger partial charge in [-0.05, 0) is 0 Å². The Morgan fingerprint density at radius 3 is 3.07 bits per heavy atom. The number of aryl methyl sites for hydroxylation is 1. The van der Waals surface area contributed by atoms with Crippen LogP contribution in [0.1, 0.15) is 5.69 Å². The summed E-state index contributed by atoms with van der Waals surface area (Å²) in [5, 5.41) is 3.89. The van der Waals surface area contributed by atoms with Crippen LogP contribution in [0.15, 0.2) is 17.0 Å². The van der Waals surface area contributed by atoms with Crippen molar-refractivity contribution in [3.63, 3.8) is 0 Å². The lowest BCUT2D eigenvalue weighted by Gasteiger charge is -1.90. The van der Waals surface area contributed by atoms with E-state index >= 15 is 0 Å². The van der Waals surface area contributed by atoms with Crippen LogP contribution in [0.25, 0.3) is 0 Å². The van der Waals surface area contributed by atoms with Crippen LogP contribution in [-0.4, -0.2) is 19.7 Å². The summed E-state index contributed by atoms with van der Waals surface area (Å²) in [6, 6.07) is 0.190. The third-order valence-electron chi connectivity index (χ3n) is 1.42. The number of oxazole rings is 1. The molecule has 2 heterocycles. The lowest BCUT2D eigenvalue weighted by atomic mass is 10.6. The summed E-state index contributed by atoms with van der Waals surface area (Å²) in [6.07, 6.45) is 3.03. The summed E-state index contributed by atoms with van der Waals surface area (Å²) in [6.45, 7) is 0. The molecular formula is C7H7ClN4O2. The molecule has 2 aromatic rings. The molecule has 0 aliphatic carbocycles. The van der Waals surface area contributed by atoms with Gasteiger partial charge in [0.1, 0.15) is 12.6 Å². The maximum Gasteiger partial charge on any atom is 0.401 e. The van der Waals surface area contributed by atoms with Crippen LogP contribution in [0, 0.1) is 0 Å². The Balaban J connectivity index is 2.10. The standard InChI is InChI=1S/C7H7ClN4O2/c1-12-4-9-6(11-12)14-7-10-5(2-8)3-13-7/h3-4H,2H2,1H3. The number of alkyl halides is 1. The molecule has 14 heavy (non-hydrogen) atoms. The zero-order valence-corrected chi connectivity index (χ0v) is 8.10. The summed E-state index contributed by atoms with van der Waals surface area (Å²) in [7, 11) is 1.74. The average Bonchev–Trinajstić information content (AvgIpc) is 2.76. The van der Waals surface area contributed by atoms with E-state index in [9.17, 15) is 0 Å². The molecule has 7 heteroatoms. The van der Waals surface area contributed by atoms with Gasteiger partial charge in [0, 0.05) is 7.05 Å². The van der Waals surface area contributed by atoms with Crippen molar-refractivity contribution < 1.29 is 9.15 Å². The largest absolute Gasteiger partial charge is 0.417 e. The van der Waals surface area contributed by atoms with Crippen molar-refractivity contribution in [1.82, 2.24) is 19.7 Å². The highest BCUT2D eigenvalue weighted by molar-refractivity contribution is 6.16. The predicted molar refractivity (Wildman–Crippen MR) is 47.1 cm³/mol. The smallest absolute Gasteiger partial charge is 0.401 e. The Kier molecular flexibility index (Phi) is 2.36. The van der Waals surface area contributed by atoms with Crippen molar-refractivity contribution in [2.24, 2.45) is 7.05 Å². The van der Waals surface area contributed by atoms with Crippen molar-refractivity contribution in [3.8, 4) is 12.1 Å². The summed E-state index contributed by atoms with van der Waals surface area (Å²) in [5.41, 5.74) is 0.609. The second-order valence-corrected chi connectivity index (χ2v) is 2.81. The first-order valence-electron chi connectivity index (χ1n) is 3.82. The van der Waals surface area contributed by atoms with Crippen molar-refractivity contribution in [1.29, 1.82) is 0 Å². The molecule has 0 unspecified atom stereocenters. The Morgan fingerprint density at radius 2 is 2.50 bits per heavy atom. The first-order chi connectivity index (χ1) is 6.78. The summed E-state index contributed by atoms with van der Waals surface area (Å²) in [5.74, 6) is 0.280. The number of hydrogen-bond acceptors (Lipinski definition) is 5. The number of rotatable bonds is 3. The van der Waals surface area contributed by atoms with Crippen molar-refractivity contribution in [2.45, 2.75) is 5.88 Å². The van der Waals surface area contributed by atoms with E-state index in [4.69, 9.17) is 20.8 Å². The van der Waals surface area contributed by atoms with Crippen molar-refractivity contribution >= 4 is 11.6 Å². The van der Waals surface area contributed by atoms with Crippen LogP contribution >= 0.6 is 11.6 Å². The van der Waals surface area contributed by atoms with Gasteiger partial charge in [-0.2, -0.15) is 9.97 Å². The highest BCUT2D eigenvalue weighted by atomic mass is 35.5. The monoisotopic (exact) mass is 214 g/mol. The quantitative estimate of drug-likeness (QED) is 0.722. The van der Waals surface area contributed by atoms with Crippen LogP contribution in [0.2, 0.25) is 0 Å². The van der Waals surface area contributed by atoms with Crippen LogP contribution < -0.4 is 4.74 Å². The molecule has 2 rings (SSSR count). The normalized spacial score (nSPS) is 10.4. The van der Waals surface area contributed by atoms with Gasteiger partial charge in [0.05, 0.1) is 11.6 Å². The van der Waals surface area contributed by atoms with Crippen LogP contribution in [0.3, 0.4) is 0 Å². The third kappa shape index (κ3) is 1.85. The lowest BCUT2D eigenvalue weighted by Crippen LogP contribution is -1.90. The molecule has 0 aromatic carbocycles. The number of aromatic nitrogens is 4. The molecule has 0 aliphatic rings. The van der Waals surface area contributed by atoms with Crippen molar-refractivity contribution in [3.05, 3.63) is 18.3 Å². The van der Waals surface area contributed by atoms with E-state index < -0.39 is 0 Å². The number of halogens is 1. The zero-order chi connectivity index (χ0) is 9.97. The van der Waals surface area contributed by atoms with E-state index in [0.29, 0.717) is 5.69 Å². The molecule has 0 bridgehead atoms.